The first-order chi connectivity index (χ1) is 8.21. The highest BCUT2D eigenvalue weighted by Crippen LogP contribution is 2.16. The van der Waals surface area contributed by atoms with E-state index in [4.69, 9.17) is 16.7 Å². The van der Waals surface area contributed by atoms with Crippen molar-refractivity contribution in [3.63, 3.8) is 0 Å². The molecule has 0 fully saturated rings. The molecule has 0 spiro atoms. The van der Waals surface area contributed by atoms with Crippen molar-refractivity contribution in [1.29, 1.82) is 0 Å². The monoisotopic (exact) mass is 274 g/mol. The Hall–Kier alpha value is -1.69. The number of aliphatic carboxylic acids is 1. The predicted octanol–water partition coefficient (Wildman–Crippen LogP) is 1.86. The van der Waals surface area contributed by atoms with Crippen molar-refractivity contribution in [2.75, 3.05) is 0 Å². The number of hydrogen-bond acceptors (Lipinski definition) is 3. The van der Waals surface area contributed by atoms with Crippen LogP contribution in [-0.2, 0) is 4.79 Å². The summed E-state index contributed by atoms with van der Waals surface area (Å²) in [5, 5.41) is 11.0. The van der Waals surface area contributed by atoms with E-state index in [9.17, 15) is 14.0 Å². The molecule has 0 aliphatic carbocycles. The van der Waals surface area contributed by atoms with Gasteiger partial charge in [-0.15, -0.1) is 0 Å². The number of nitrogens with one attached hydrogen (secondary N) is 1. The summed E-state index contributed by atoms with van der Waals surface area (Å²) in [5.41, 5.74) is -1.10. The van der Waals surface area contributed by atoms with E-state index in [1.54, 1.807) is 13.8 Å². The zero-order valence-corrected chi connectivity index (χ0v) is 10.6. The lowest BCUT2D eigenvalue weighted by atomic mass is 10.0. The smallest absolute Gasteiger partial charge is 0.305 e. The number of carbonyl (C=O) groups is 2. The minimum absolute atomic E-state index is 0.130. The largest absolute Gasteiger partial charge is 0.481 e. The molecule has 0 aliphatic heterocycles. The molecule has 1 heterocycles. The topological polar surface area (TPSA) is 79.3 Å². The average Bonchev–Trinajstić information content (AvgIpc) is 2.18. The lowest BCUT2D eigenvalue weighted by Gasteiger charge is -2.24. The van der Waals surface area contributed by atoms with Crippen LogP contribution in [0.1, 0.15) is 30.6 Å². The summed E-state index contributed by atoms with van der Waals surface area (Å²) in [6.07, 6.45) is 0.626. The Labute approximate surface area is 108 Å². The van der Waals surface area contributed by atoms with Gasteiger partial charge in [-0.3, -0.25) is 9.59 Å². The molecule has 1 aromatic heterocycles. The molecule has 18 heavy (non-hydrogen) atoms. The fourth-order valence-electron chi connectivity index (χ4n) is 1.38. The zero-order chi connectivity index (χ0) is 13.9. The Morgan fingerprint density at radius 3 is 2.72 bits per heavy atom. The first-order valence-corrected chi connectivity index (χ1v) is 5.44. The van der Waals surface area contributed by atoms with Crippen LogP contribution in [0.5, 0.6) is 0 Å². The van der Waals surface area contributed by atoms with Crippen LogP contribution < -0.4 is 5.32 Å². The number of hydrogen-bond donors (Lipinski definition) is 2. The van der Waals surface area contributed by atoms with Crippen LogP contribution in [0.25, 0.3) is 0 Å². The van der Waals surface area contributed by atoms with Crippen LogP contribution in [0.3, 0.4) is 0 Å². The highest BCUT2D eigenvalue weighted by molar-refractivity contribution is 6.32. The number of pyridine rings is 1. The Bertz CT molecular complexity index is 491. The molecular formula is C11H12ClFN2O3. The minimum Gasteiger partial charge on any atom is -0.481 e. The SMILES string of the molecule is CC(C)(CC(=O)O)NC(=O)c1cc(F)cnc1Cl. The zero-order valence-electron chi connectivity index (χ0n) is 9.83. The Morgan fingerprint density at radius 1 is 1.56 bits per heavy atom. The third kappa shape index (κ3) is 3.96. The van der Waals surface area contributed by atoms with Gasteiger partial charge in [-0.25, -0.2) is 9.37 Å². The molecule has 0 saturated heterocycles. The molecule has 7 heteroatoms. The van der Waals surface area contributed by atoms with Crippen molar-refractivity contribution < 1.29 is 19.1 Å². The molecule has 0 aliphatic rings. The van der Waals surface area contributed by atoms with Gasteiger partial charge in [0.25, 0.3) is 5.91 Å². The van der Waals surface area contributed by atoms with E-state index in [0.717, 1.165) is 12.3 Å². The summed E-state index contributed by atoms with van der Waals surface area (Å²) in [5.74, 6) is -2.41. The van der Waals surface area contributed by atoms with Crippen molar-refractivity contribution in [2.45, 2.75) is 25.8 Å². The first-order valence-electron chi connectivity index (χ1n) is 5.06. The van der Waals surface area contributed by atoms with Gasteiger partial charge in [-0.05, 0) is 19.9 Å². The van der Waals surface area contributed by atoms with Crippen LogP contribution >= 0.6 is 11.6 Å². The normalized spacial score (nSPS) is 11.1. The number of carboxylic acid groups (broad SMARTS) is 1. The number of halogens is 2. The summed E-state index contributed by atoms with van der Waals surface area (Å²) >= 11 is 5.67. The molecule has 0 atom stereocenters. The summed E-state index contributed by atoms with van der Waals surface area (Å²) < 4.78 is 13.0. The number of amides is 1. The Balaban J connectivity index is 2.88. The molecule has 1 rings (SSSR count). The maximum Gasteiger partial charge on any atom is 0.305 e. The van der Waals surface area contributed by atoms with Gasteiger partial charge >= 0.3 is 5.97 Å². The molecule has 0 unspecified atom stereocenters. The second-order valence-corrected chi connectivity index (χ2v) is 4.76. The maximum atomic E-state index is 13.0. The van der Waals surface area contributed by atoms with E-state index in [-0.39, 0.29) is 17.1 Å². The van der Waals surface area contributed by atoms with Gasteiger partial charge in [-0.1, -0.05) is 11.6 Å². The molecular weight excluding hydrogens is 263 g/mol. The van der Waals surface area contributed by atoms with E-state index in [1.807, 2.05) is 0 Å². The molecule has 98 valence electrons. The molecule has 0 bridgehead atoms. The van der Waals surface area contributed by atoms with Crippen LogP contribution in [0.2, 0.25) is 5.15 Å². The summed E-state index contributed by atoms with van der Waals surface area (Å²) in [6, 6.07) is 0.946. The lowest BCUT2D eigenvalue weighted by molar-refractivity contribution is -0.138. The third-order valence-corrected chi connectivity index (χ3v) is 2.40. The molecule has 0 radical (unpaired) electrons. The second kappa shape index (κ2) is 5.30. The molecule has 0 aromatic carbocycles. The van der Waals surface area contributed by atoms with Gasteiger partial charge in [0, 0.05) is 5.54 Å². The van der Waals surface area contributed by atoms with Crippen molar-refractivity contribution in [3.05, 3.63) is 28.8 Å². The van der Waals surface area contributed by atoms with E-state index < -0.39 is 23.2 Å². The van der Waals surface area contributed by atoms with E-state index >= 15 is 0 Å². The molecule has 5 nitrogen and oxygen atoms in total. The average molecular weight is 275 g/mol. The molecule has 1 amide bonds. The lowest BCUT2D eigenvalue weighted by Crippen LogP contribution is -2.45. The number of nitrogens with zero attached hydrogens (tertiary/aromatic N) is 1. The van der Waals surface area contributed by atoms with Gasteiger partial charge in [0.05, 0.1) is 18.2 Å². The van der Waals surface area contributed by atoms with E-state index in [0.29, 0.717) is 0 Å². The van der Waals surface area contributed by atoms with Gasteiger partial charge in [0.15, 0.2) is 0 Å². The molecule has 1 aromatic rings. The second-order valence-electron chi connectivity index (χ2n) is 4.40. The number of carboxylic acids is 1. The van der Waals surface area contributed by atoms with E-state index in [1.165, 1.54) is 0 Å². The number of carbonyl (C=O) groups excluding carboxylic acids is 1. The van der Waals surface area contributed by atoms with Crippen LogP contribution in [0.15, 0.2) is 12.3 Å². The molecule has 0 saturated carbocycles. The minimum atomic E-state index is -1.05. The van der Waals surface area contributed by atoms with E-state index in [2.05, 4.69) is 10.3 Å². The van der Waals surface area contributed by atoms with Gasteiger partial charge in [0.1, 0.15) is 11.0 Å². The van der Waals surface area contributed by atoms with Crippen LogP contribution in [0, 0.1) is 5.82 Å². The number of rotatable bonds is 4. The van der Waals surface area contributed by atoms with Gasteiger partial charge in [0.2, 0.25) is 0 Å². The highest BCUT2D eigenvalue weighted by Gasteiger charge is 2.25. The first kappa shape index (κ1) is 14.4. The highest BCUT2D eigenvalue weighted by atomic mass is 35.5. The van der Waals surface area contributed by atoms with Gasteiger partial charge < -0.3 is 10.4 Å². The van der Waals surface area contributed by atoms with Crippen LogP contribution in [-0.4, -0.2) is 27.5 Å². The maximum absolute atomic E-state index is 13.0. The van der Waals surface area contributed by atoms with Crippen molar-refractivity contribution in [3.8, 4) is 0 Å². The fraction of sp³-hybridized carbons (Fsp3) is 0.364. The summed E-state index contributed by atoms with van der Waals surface area (Å²) in [4.78, 5) is 25.9. The van der Waals surface area contributed by atoms with Crippen molar-refractivity contribution >= 4 is 23.5 Å². The van der Waals surface area contributed by atoms with Crippen molar-refractivity contribution in [2.24, 2.45) is 0 Å². The van der Waals surface area contributed by atoms with Crippen molar-refractivity contribution in [1.82, 2.24) is 10.3 Å². The summed E-state index contributed by atoms with van der Waals surface area (Å²) in [7, 11) is 0. The Kier molecular flexibility index (Phi) is 4.24. The standard InChI is InChI=1S/C11H12ClFN2O3/c1-11(2,4-8(16)17)15-10(18)7-3-6(13)5-14-9(7)12/h3,5H,4H2,1-2H3,(H,15,18)(H,16,17). The predicted molar refractivity (Wildman–Crippen MR) is 63.0 cm³/mol. The summed E-state index contributed by atoms with van der Waals surface area (Å²) in [6.45, 7) is 3.08. The molecule has 2 N–H and O–H groups in total. The van der Waals surface area contributed by atoms with Crippen LogP contribution in [0.4, 0.5) is 4.39 Å². The quantitative estimate of drug-likeness (QED) is 0.822. The Morgan fingerprint density at radius 2 is 2.17 bits per heavy atom. The number of aromatic nitrogens is 1. The fourth-order valence-corrected chi connectivity index (χ4v) is 1.57. The third-order valence-electron chi connectivity index (χ3n) is 2.10. The van der Waals surface area contributed by atoms with Gasteiger partial charge in [-0.2, -0.15) is 0 Å².